The second-order valence-electron chi connectivity index (χ2n) is 5.78. The molecule has 2 heterocycles. The molecule has 104 valence electrons. The van der Waals surface area contributed by atoms with E-state index in [-0.39, 0.29) is 0 Å². The average molecular weight is 269 g/mol. The van der Waals surface area contributed by atoms with E-state index in [1.807, 2.05) is 11.8 Å². The van der Waals surface area contributed by atoms with Crippen LogP contribution in [0, 0.1) is 5.92 Å². The quantitative estimate of drug-likeness (QED) is 0.850. The van der Waals surface area contributed by atoms with Gasteiger partial charge in [0.1, 0.15) is 0 Å². The van der Waals surface area contributed by atoms with Gasteiger partial charge in [-0.2, -0.15) is 0 Å². The Kier molecular flexibility index (Phi) is 5.37. The molecular weight excluding hydrogens is 242 g/mol. The van der Waals surface area contributed by atoms with Crippen LogP contribution >= 0.6 is 11.8 Å². The van der Waals surface area contributed by atoms with Crippen molar-refractivity contribution >= 4 is 16.9 Å². The standard InChI is InChI=1S/C14H27N3S/c1-4-13-6-8-18-14(16-13)15-9-12-5-7-17(10-12)11(2)3/h11-13H,4-10H2,1-3H3,(H,15,16). The molecule has 2 atom stereocenters. The normalized spacial score (nSPS) is 32.1. The van der Waals surface area contributed by atoms with Crippen LogP contribution in [0.2, 0.25) is 0 Å². The maximum atomic E-state index is 4.80. The predicted octanol–water partition coefficient (Wildman–Crippen LogP) is 2.58. The summed E-state index contributed by atoms with van der Waals surface area (Å²) >= 11 is 1.90. The van der Waals surface area contributed by atoms with Gasteiger partial charge >= 0.3 is 0 Å². The van der Waals surface area contributed by atoms with Crippen molar-refractivity contribution < 1.29 is 0 Å². The summed E-state index contributed by atoms with van der Waals surface area (Å²) in [5.74, 6) is 2.00. The second kappa shape index (κ2) is 6.80. The monoisotopic (exact) mass is 269 g/mol. The molecule has 18 heavy (non-hydrogen) atoms. The van der Waals surface area contributed by atoms with Crippen LogP contribution in [0.3, 0.4) is 0 Å². The van der Waals surface area contributed by atoms with Gasteiger partial charge in [-0.3, -0.25) is 4.99 Å². The number of hydrogen-bond donors (Lipinski definition) is 1. The molecule has 2 aliphatic rings. The molecule has 0 amide bonds. The fourth-order valence-electron chi connectivity index (χ4n) is 2.68. The van der Waals surface area contributed by atoms with Crippen LogP contribution in [0.25, 0.3) is 0 Å². The predicted molar refractivity (Wildman–Crippen MR) is 81.4 cm³/mol. The summed E-state index contributed by atoms with van der Waals surface area (Å²) in [4.78, 5) is 7.37. The first-order chi connectivity index (χ1) is 8.69. The Morgan fingerprint density at radius 1 is 1.44 bits per heavy atom. The molecule has 2 aliphatic heterocycles. The fourth-order valence-corrected chi connectivity index (χ4v) is 3.69. The van der Waals surface area contributed by atoms with Crippen molar-refractivity contribution in [2.75, 3.05) is 25.4 Å². The van der Waals surface area contributed by atoms with Crippen molar-refractivity contribution in [2.45, 2.75) is 52.1 Å². The molecule has 2 saturated heterocycles. The number of likely N-dealkylation sites (tertiary alicyclic amines) is 1. The van der Waals surface area contributed by atoms with Crippen molar-refractivity contribution in [3.63, 3.8) is 0 Å². The van der Waals surface area contributed by atoms with E-state index < -0.39 is 0 Å². The SMILES string of the molecule is CCC1CCSC(=NCC2CCN(C(C)C)C2)N1. The molecule has 0 saturated carbocycles. The Bertz CT molecular complexity index is 291. The summed E-state index contributed by atoms with van der Waals surface area (Å²) < 4.78 is 0. The van der Waals surface area contributed by atoms with Crippen LogP contribution in [0.4, 0.5) is 0 Å². The highest BCUT2D eigenvalue weighted by molar-refractivity contribution is 8.13. The van der Waals surface area contributed by atoms with Gasteiger partial charge in [-0.1, -0.05) is 18.7 Å². The third kappa shape index (κ3) is 3.89. The van der Waals surface area contributed by atoms with E-state index >= 15 is 0 Å². The highest BCUT2D eigenvalue weighted by atomic mass is 32.2. The lowest BCUT2D eigenvalue weighted by atomic mass is 10.1. The number of nitrogens with one attached hydrogen (secondary N) is 1. The minimum Gasteiger partial charge on any atom is -0.362 e. The van der Waals surface area contributed by atoms with Crippen LogP contribution in [0.15, 0.2) is 4.99 Å². The Morgan fingerprint density at radius 2 is 2.28 bits per heavy atom. The first-order valence-electron chi connectivity index (χ1n) is 7.37. The van der Waals surface area contributed by atoms with Crippen molar-refractivity contribution in [1.29, 1.82) is 0 Å². The van der Waals surface area contributed by atoms with E-state index in [0.29, 0.717) is 12.1 Å². The third-order valence-corrected chi connectivity index (χ3v) is 5.03. The fraction of sp³-hybridized carbons (Fsp3) is 0.929. The van der Waals surface area contributed by atoms with Gasteiger partial charge in [0, 0.05) is 30.9 Å². The molecular formula is C14H27N3S. The summed E-state index contributed by atoms with van der Waals surface area (Å²) in [6.45, 7) is 10.3. The van der Waals surface area contributed by atoms with Crippen molar-refractivity contribution in [2.24, 2.45) is 10.9 Å². The molecule has 0 spiro atoms. The zero-order chi connectivity index (χ0) is 13.0. The molecule has 1 N–H and O–H groups in total. The van der Waals surface area contributed by atoms with Gasteiger partial charge in [0.25, 0.3) is 0 Å². The summed E-state index contributed by atoms with van der Waals surface area (Å²) in [6, 6.07) is 1.34. The number of amidine groups is 1. The van der Waals surface area contributed by atoms with Crippen molar-refractivity contribution in [1.82, 2.24) is 10.2 Å². The van der Waals surface area contributed by atoms with E-state index in [1.165, 1.54) is 43.3 Å². The first kappa shape index (κ1) is 14.2. The Balaban J connectivity index is 1.77. The Hall–Kier alpha value is -0.220. The van der Waals surface area contributed by atoms with Crippen molar-refractivity contribution in [3.8, 4) is 0 Å². The number of rotatable bonds is 4. The van der Waals surface area contributed by atoms with Gasteiger partial charge < -0.3 is 10.2 Å². The van der Waals surface area contributed by atoms with Gasteiger partial charge in [-0.05, 0) is 45.6 Å². The van der Waals surface area contributed by atoms with E-state index in [1.54, 1.807) is 0 Å². The minimum absolute atomic E-state index is 0.653. The molecule has 2 rings (SSSR count). The summed E-state index contributed by atoms with van der Waals surface area (Å²) in [5.41, 5.74) is 0. The smallest absolute Gasteiger partial charge is 0.156 e. The van der Waals surface area contributed by atoms with Crippen molar-refractivity contribution in [3.05, 3.63) is 0 Å². The van der Waals surface area contributed by atoms with Crippen LogP contribution in [-0.2, 0) is 0 Å². The molecule has 3 nitrogen and oxygen atoms in total. The number of aliphatic imine (C=N–C) groups is 1. The second-order valence-corrected chi connectivity index (χ2v) is 6.86. The molecule has 0 bridgehead atoms. The van der Waals surface area contributed by atoms with E-state index in [9.17, 15) is 0 Å². The maximum Gasteiger partial charge on any atom is 0.156 e. The third-order valence-electron chi connectivity index (χ3n) is 4.07. The van der Waals surface area contributed by atoms with Gasteiger partial charge in [0.05, 0.1) is 0 Å². The number of nitrogens with zero attached hydrogens (tertiary/aromatic N) is 2. The zero-order valence-electron chi connectivity index (χ0n) is 12.0. The Morgan fingerprint density at radius 3 is 2.94 bits per heavy atom. The molecule has 0 aromatic rings. The van der Waals surface area contributed by atoms with Gasteiger partial charge in [0.15, 0.2) is 5.17 Å². The number of thioether (sulfide) groups is 1. The van der Waals surface area contributed by atoms with Gasteiger partial charge in [-0.25, -0.2) is 0 Å². The van der Waals surface area contributed by atoms with E-state index in [0.717, 1.165) is 12.5 Å². The molecule has 0 aromatic carbocycles. The van der Waals surface area contributed by atoms with E-state index in [4.69, 9.17) is 4.99 Å². The van der Waals surface area contributed by atoms with Crippen LogP contribution in [0.5, 0.6) is 0 Å². The molecule has 2 fully saturated rings. The number of hydrogen-bond acceptors (Lipinski definition) is 3. The van der Waals surface area contributed by atoms with Gasteiger partial charge in [0.2, 0.25) is 0 Å². The first-order valence-corrected chi connectivity index (χ1v) is 8.35. The van der Waals surface area contributed by atoms with Crippen LogP contribution in [-0.4, -0.2) is 47.5 Å². The molecule has 0 aliphatic carbocycles. The largest absolute Gasteiger partial charge is 0.362 e. The van der Waals surface area contributed by atoms with Crippen LogP contribution in [0.1, 0.15) is 40.0 Å². The molecule has 0 aromatic heterocycles. The summed E-state index contributed by atoms with van der Waals surface area (Å²) in [7, 11) is 0. The topological polar surface area (TPSA) is 27.6 Å². The zero-order valence-corrected chi connectivity index (χ0v) is 12.8. The summed E-state index contributed by atoms with van der Waals surface area (Å²) in [6.07, 6.45) is 3.81. The summed E-state index contributed by atoms with van der Waals surface area (Å²) in [5, 5.41) is 4.75. The highest BCUT2D eigenvalue weighted by Gasteiger charge is 2.24. The molecule has 2 unspecified atom stereocenters. The minimum atomic E-state index is 0.653. The molecule has 0 radical (unpaired) electrons. The Labute approximate surface area is 116 Å². The molecule has 4 heteroatoms. The lowest BCUT2D eigenvalue weighted by Crippen LogP contribution is -2.37. The van der Waals surface area contributed by atoms with Crippen LogP contribution < -0.4 is 5.32 Å². The average Bonchev–Trinajstić information content (AvgIpc) is 2.85. The maximum absolute atomic E-state index is 4.80. The van der Waals surface area contributed by atoms with Gasteiger partial charge in [-0.15, -0.1) is 0 Å². The van der Waals surface area contributed by atoms with E-state index in [2.05, 4.69) is 31.0 Å². The lowest BCUT2D eigenvalue weighted by Gasteiger charge is -2.24. The lowest BCUT2D eigenvalue weighted by molar-refractivity contribution is 0.266. The highest BCUT2D eigenvalue weighted by Crippen LogP contribution is 2.20.